The van der Waals surface area contributed by atoms with Gasteiger partial charge in [0.2, 0.25) is 0 Å². The molecule has 9 heteroatoms. The van der Waals surface area contributed by atoms with Crippen LogP contribution in [0.15, 0.2) is 6.33 Å². The van der Waals surface area contributed by atoms with Gasteiger partial charge in [-0.25, -0.2) is 4.79 Å². The predicted molar refractivity (Wildman–Crippen MR) is 78.2 cm³/mol. The Morgan fingerprint density at radius 3 is 3.05 bits per heavy atom. The maximum atomic E-state index is 12.2. The molecule has 8 nitrogen and oxygen atoms in total. The lowest BCUT2D eigenvalue weighted by molar-refractivity contribution is -0.137. The summed E-state index contributed by atoms with van der Waals surface area (Å²) in [5.74, 6) is 1.43. The van der Waals surface area contributed by atoms with Crippen molar-refractivity contribution in [1.82, 2.24) is 25.0 Å². The molecule has 2 rings (SSSR count). The fraction of sp³-hybridized carbons (Fsp3) is 0.667. The summed E-state index contributed by atoms with van der Waals surface area (Å²) in [6, 6.07) is -0.445. The third-order valence-electron chi connectivity index (χ3n) is 3.33. The second-order valence-electron chi connectivity index (χ2n) is 4.86. The highest BCUT2D eigenvalue weighted by Gasteiger charge is 2.28. The number of rotatable bonds is 5. The molecule has 1 aliphatic rings. The number of nitrogens with one attached hydrogen (secondary N) is 1. The molecule has 1 atom stereocenters. The zero-order valence-electron chi connectivity index (χ0n) is 11.9. The zero-order valence-corrected chi connectivity index (χ0v) is 12.7. The van der Waals surface area contributed by atoms with Gasteiger partial charge in [0.1, 0.15) is 12.2 Å². The number of aliphatic carboxylic acids is 1. The van der Waals surface area contributed by atoms with Crippen LogP contribution in [0.1, 0.15) is 12.2 Å². The first-order valence-corrected chi connectivity index (χ1v) is 7.90. The minimum absolute atomic E-state index is 0.0102. The van der Waals surface area contributed by atoms with Crippen LogP contribution in [0.3, 0.4) is 0 Å². The van der Waals surface area contributed by atoms with Crippen molar-refractivity contribution in [3.63, 3.8) is 0 Å². The number of thioether (sulfide) groups is 1. The molecule has 1 aromatic heterocycles. The van der Waals surface area contributed by atoms with Gasteiger partial charge >= 0.3 is 12.0 Å². The van der Waals surface area contributed by atoms with E-state index < -0.39 is 5.97 Å². The molecule has 2 heterocycles. The summed E-state index contributed by atoms with van der Waals surface area (Å²) >= 11 is 1.68. The number of urea groups is 1. The van der Waals surface area contributed by atoms with Crippen LogP contribution in [0.4, 0.5) is 4.79 Å². The summed E-state index contributed by atoms with van der Waals surface area (Å²) in [5, 5.41) is 19.5. The summed E-state index contributed by atoms with van der Waals surface area (Å²) in [6.07, 6.45) is 2.19. The first-order valence-electron chi connectivity index (χ1n) is 6.75. The number of aryl methyl sites for hydroxylation is 1. The molecule has 2 N–H and O–H groups in total. The number of nitrogens with zero attached hydrogens (tertiary/aromatic N) is 4. The van der Waals surface area contributed by atoms with E-state index in [4.69, 9.17) is 5.11 Å². The first-order chi connectivity index (χ1) is 10.1. The molecule has 21 heavy (non-hydrogen) atoms. The van der Waals surface area contributed by atoms with Gasteiger partial charge in [0.25, 0.3) is 0 Å². The van der Waals surface area contributed by atoms with Crippen molar-refractivity contribution in [3.8, 4) is 0 Å². The molecular weight excluding hydrogens is 294 g/mol. The van der Waals surface area contributed by atoms with E-state index in [0.717, 1.165) is 11.6 Å². The molecule has 1 saturated heterocycles. The van der Waals surface area contributed by atoms with Crippen molar-refractivity contribution in [1.29, 1.82) is 0 Å². The van der Waals surface area contributed by atoms with Gasteiger partial charge in [-0.15, -0.1) is 10.2 Å². The molecule has 0 aromatic carbocycles. The number of amides is 2. The van der Waals surface area contributed by atoms with Gasteiger partial charge in [-0.05, 0) is 0 Å². The average Bonchev–Trinajstić information content (AvgIpc) is 2.84. The summed E-state index contributed by atoms with van der Waals surface area (Å²) < 4.78 is 1.80. The van der Waals surface area contributed by atoms with E-state index in [1.165, 1.54) is 0 Å². The lowest BCUT2D eigenvalue weighted by Crippen LogP contribution is -2.51. The molecule has 0 bridgehead atoms. The van der Waals surface area contributed by atoms with E-state index in [-0.39, 0.29) is 18.5 Å². The highest BCUT2D eigenvalue weighted by Crippen LogP contribution is 2.19. The number of carbonyl (C=O) groups excluding carboxylic acids is 1. The van der Waals surface area contributed by atoms with Crippen LogP contribution in [0.25, 0.3) is 0 Å². The third-order valence-corrected chi connectivity index (χ3v) is 4.42. The number of carboxylic acid groups (broad SMARTS) is 1. The first kappa shape index (κ1) is 15.6. The SMILES string of the molecule is Cn1cnnc1CCNC(=O)N1CCSCC1CC(=O)O. The van der Waals surface area contributed by atoms with E-state index >= 15 is 0 Å². The molecule has 1 unspecified atom stereocenters. The quantitative estimate of drug-likeness (QED) is 0.791. The highest BCUT2D eigenvalue weighted by molar-refractivity contribution is 7.99. The predicted octanol–water partition coefficient (Wildman–Crippen LogP) is -0.0407. The molecule has 0 saturated carbocycles. The molecule has 1 fully saturated rings. The zero-order chi connectivity index (χ0) is 15.2. The highest BCUT2D eigenvalue weighted by atomic mass is 32.2. The van der Waals surface area contributed by atoms with E-state index in [1.54, 1.807) is 27.6 Å². The second kappa shape index (κ2) is 7.30. The standard InChI is InChI=1S/C12H19N5O3S/c1-16-8-14-15-10(16)2-3-13-12(20)17-4-5-21-7-9(17)6-11(18)19/h8-9H,2-7H2,1H3,(H,13,20)(H,18,19). The van der Waals surface area contributed by atoms with Crippen molar-refractivity contribution in [2.24, 2.45) is 7.05 Å². The van der Waals surface area contributed by atoms with Gasteiger partial charge in [-0.2, -0.15) is 11.8 Å². The fourth-order valence-corrected chi connectivity index (χ4v) is 3.27. The normalized spacial score (nSPS) is 18.5. The van der Waals surface area contributed by atoms with Gasteiger partial charge in [0.05, 0.1) is 12.5 Å². The Labute approximate surface area is 126 Å². The molecule has 1 aliphatic heterocycles. The van der Waals surface area contributed by atoms with Crippen molar-refractivity contribution in [3.05, 3.63) is 12.2 Å². The van der Waals surface area contributed by atoms with E-state index in [0.29, 0.717) is 25.3 Å². The van der Waals surface area contributed by atoms with Gasteiger partial charge < -0.3 is 19.9 Å². The minimum atomic E-state index is -0.876. The van der Waals surface area contributed by atoms with Crippen molar-refractivity contribution < 1.29 is 14.7 Å². The smallest absolute Gasteiger partial charge is 0.317 e. The largest absolute Gasteiger partial charge is 0.481 e. The Morgan fingerprint density at radius 1 is 1.57 bits per heavy atom. The molecule has 116 valence electrons. The molecule has 0 aliphatic carbocycles. The van der Waals surface area contributed by atoms with E-state index in [9.17, 15) is 9.59 Å². The Kier molecular flexibility index (Phi) is 5.43. The number of aromatic nitrogens is 3. The van der Waals surface area contributed by atoms with Gasteiger partial charge in [-0.1, -0.05) is 0 Å². The average molecular weight is 313 g/mol. The van der Waals surface area contributed by atoms with Crippen LogP contribution in [0, 0.1) is 0 Å². The summed E-state index contributed by atoms with van der Waals surface area (Å²) in [7, 11) is 1.85. The summed E-state index contributed by atoms with van der Waals surface area (Å²) in [4.78, 5) is 24.7. The van der Waals surface area contributed by atoms with Crippen LogP contribution in [-0.4, -0.2) is 67.4 Å². The number of carboxylic acids is 1. The maximum Gasteiger partial charge on any atom is 0.317 e. The van der Waals surface area contributed by atoms with E-state index in [2.05, 4.69) is 15.5 Å². The maximum absolute atomic E-state index is 12.2. The van der Waals surface area contributed by atoms with Crippen molar-refractivity contribution in [2.75, 3.05) is 24.6 Å². The lowest BCUT2D eigenvalue weighted by Gasteiger charge is -2.34. The molecule has 1 aromatic rings. The Balaban J connectivity index is 1.83. The van der Waals surface area contributed by atoms with Crippen molar-refractivity contribution >= 4 is 23.8 Å². The van der Waals surface area contributed by atoms with Crippen molar-refractivity contribution in [2.45, 2.75) is 18.9 Å². The number of carbonyl (C=O) groups is 2. The molecule has 2 amide bonds. The van der Waals surface area contributed by atoms with Gasteiger partial charge in [-0.3, -0.25) is 4.79 Å². The third kappa shape index (κ3) is 4.35. The monoisotopic (exact) mass is 313 g/mol. The van der Waals surface area contributed by atoms with Gasteiger partial charge in [0, 0.05) is 38.1 Å². The lowest BCUT2D eigenvalue weighted by atomic mass is 10.2. The van der Waals surface area contributed by atoms with Crippen LogP contribution in [0.5, 0.6) is 0 Å². The van der Waals surface area contributed by atoms with E-state index in [1.807, 2.05) is 7.05 Å². The number of hydrogen-bond acceptors (Lipinski definition) is 5. The molecule has 0 spiro atoms. The number of hydrogen-bond donors (Lipinski definition) is 2. The molecule has 0 radical (unpaired) electrons. The Morgan fingerprint density at radius 2 is 2.38 bits per heavy atom. The molecular formula is C12H19N5O3S. The summed E-state index contributed by atoms with van der Waals surface area (Å²) in [6.45, 7) is 1.03. The Hall–Kier alpha value is -1.77. The van der Waals surface area contributed by atoms with Gasteiger partial charge in [0.15, 0.2) is 0 Å². The second-order valence-corrected chi connectivity index (χ2v) is 6.01. The van der Waals surface area contributed by atoms with Crippen LogP contribution in [0.2, 0.25) is 0 Å². The van der Waals surface area contributed by atoms with Crippen LogP contribution < -0.4 is 5.32 Å². The topological polar surface area (TPSA) is 100 Å². The minimum Gasteiger partial charge on any atom is -0.481 e. The van der Waals surface area contributed by atoms with Crippen LogP contribution in [-0.2, 0) is 18.3 Å². The summed E-state index contributed by atoms with van der Waals surface area (Å²) in [5.41, 5.74) is 0. The fourth-order valence-electron chi connectivity index (χ4n) is 2.21. The van der Waals surface area contributed by atoms with Crippen LogP contribution >= 0.6 is 11.8 Å². The Bertz CT molecular complexity index is 507.